The van der Waals surface area contributed by atoms with Gasteiger partial charge in [-0.3, -0.25) is 9.36 Å². The summed E-state index contributed by atoms with van der Waals surface area (Å²) in [5.74, 6) is 2.20. The van der Waals surface area contributed by atoms with E-state index >= 15 is 0 Å². The molecule has 2 aromatic rings. The zero-order chi connectivity index (χ0) is 19.9. The van der Waals surface area contributed by atoms with Crippen molar-refractivity contribution in [3.8, 4) is 11.4 Å². The second-order valence-electron chi connectivity index (χ2n) is 6.79. The Hall–Kier alpha value is -1.99. The Morgan fingerprint density at radius 3 is 2.64 bits per heavy atom. The highest BCUT2D eigenvalue weighted by Crippen LogP contribution is 2.26. The van der Waals surface area contributed by atoms with Crippen LogP contribution in [0.3, 0.4) is 0 Å². The maximum Gasteiger partial charge on any atom is 0.223 e. The lowest BCUT2D eigenvalue weighted by molar-refractivity contribution is -0.126. The number of methoxy groups -OCH3 is 1. The van der Waals surface area contributed by atoms with Gasteiger partial charge in [-0.05, 0) is 37.1 Å². The van der Waals surface area contributed by atoms with E-state index < -0.39 is 0 Å². The van der Waals surface area contributed by atoms with Crippen LogP contribution in [0.4, 0.5) is 0 Å². The highest BCUT2D eigenvalue weighted by atomic mass is 35.5. The number of ether oxygens (including phenoxy) is 1. The number of carbonyl (C=O) groups is 1. The number of nitrogens with one attached hydrogen (secondary N) is 1. The number of hydrogen-bond donors (Lipinski definition) is 1. The quantitative estimate of drug-likeness (QED) is 0.644. The van der Waals surface area contributed by atoms with E-state index in [1.165, 1.54) is 18.2 Å². The van der Waals surface area contributed by atoms with Gasteiger partial charge in [-0.2, -0.15) is 0 Å². The summed E-state index contributed by atoms with van der Waals surface area (Å²) in [6.45, 7) is 4.06. The molecule has 1 saturated carbocycles. The highest BCUT2D eigenvalue weighted by Gasteiger charge is 2.22. The van der Waals surface area contributed by atoms with Crippen molar-refractivity contribution in [1.29, 1.82) is 0 Å². The molecule has 3 rings (SSSR count). The summed E-state index contributed by atoms with van der Waals surface area (Å²) in [5, 5.41) is 12.9. The molecule has 0 radical (unpaired) electrons. The van der Waals surface area contributed by atoms with E-state index in [2.05, 4.69) is 22.1 Å². The van der Waals surface area contributed by atoms with Gasteiger partial charge in [0.2, 0.25) is 5.91 Å². The predicted molar refractivity (Wildman–Crippen MR) is 112 cm³/mol. The summed E-state index contributed by atoms with van der Waals surface area (Å²) in [6.07, 6.45) is 5.42. The van der Waals surface area contributed by atoms with Gasteiger partial charge < -0.3 is 10.1 Å². The lowest BCUT2D eigenvalue weighted by Crippen LogP contribution is -2.32. The van der Waals surface area contributed by atoms with Crippen molar-refractivity contribution < 1.29 is 9.53 Å². The number of benzene rings is 1. The Kier molecular flexibility index (Phi) is 7.39. The van der Waals surface area contributed by atoms with Crippen molar-refractivity contribution in [2.75, 3.05) is 12.9 Å². The zero-order valence-corrected chi connectivity index (χ0v) is 17.6. The number of rotatable bonds is 8. The van der Waals surface area contributed by atoms with Gasteiger partial charge in [0.15, 0.2) is 11.0 Å². The molecule has 28 heavy (non-hydrogen) atoms. The van der Waals surface area contributed by atoms with Gasteiger partial charge in [0.05, 0.1) is 13.7 Å². The van der Waals surface area contributed by atoms with Crippen LogP contribution >= 0.6 is 23.4 Å². The Balaban J connectivity index is 1.78. The molecule has 0 unspecified atom stereocenters. The van der Waals surface area contributed by atoms with E-state index in [9.17, 15) is 4.79 Å². The summed E-state index contributed by atoms with van der Waals surface area (Å²) in [6, 6.07) is 7.64. The third-order valence-electron chi connectivity index (χ3n) is 4.79. The highest BCUT2D eigenvalue weighted by molar-refractivity contribution is 7.99. The number of carbonyl (C=O) groups excluding carboxylic acids is 1. The fourth-order valence-electron chi connectivity index (χ4n) is 3.32. The molecular weight excluding hydrogens is 396 g/mol. The molecule has 1 heterocycles. The van der Waals surface area contributed by atoms with E-state index in [4.69, 9.17) is 16.3 Å². The maximum atomic E-state index is 12.5. The standard InChI is InChI=1S/C20H25ClN4O2S/c1-14(21)13-28-20-24-23-18(12-22-19(26)15-6-4-3-5-7-15)25(20)16-8-10-17(27-2)11-9-16/h8-11,15H,1,3-7,12-13H2,2H3,(H,22,26). The van der Waals surface area contributed by atoms with Crippen molar-refractivity contribution in [2.24, 2.45) is 5.92 Å². The number of hydrogen-bond acceptors (Lipinski definition) is 5. The Morgan fingerprint density at radius 1 is 1.29 bits per heavy atom. The molecule has 1 aliphatic rings. The van der Waals surface area contributed by atoms with Crippen molar-refractivity contribution in [1.82, 2.24) is 20.1 Å². The first-order chi connectivity index (χ1) is 13.6. The molecule has 1 N–H and O–H groups in total. The number of halogens is 1. The van der Waals surface area contributed by atoms with E-state index in [-0.39, 0.29) is 11.8 Å². The average molecular weight is 421 g/mol. The largest absolute Gasteiger partial charge is 0.497 e. The Labute approximate surface area is 174 Å². The van der Waals surface area contributed by atoms with Crippen molar-refractivity contribution in [3.63, 3.8) is 0 Å². The van der Waals surface area contributed by atoms with Gasteiger partial charge in [0.1, 0.15) is 5.75 Å². The Morgan fingerprint density at radius 2 is 2.00 bits per heavy atom. The molecule has 1 amide bonds. The number of aromatic nitrogens is 3. The van der Waals surface area contributed by atoms with Crippen LogP contribution < -0.4 is 10.1 Å². The van der Waals surface area contributed by atoms with Crippen LogP contribution in [-0.2, 0) is 11.3 Å². The average Bonchev–Trinajstić information content (AvgIpc) is 3.14. The van der Waals surface area contributed by atoms with Crippen LogP contribution in [0.25, 0.3) is 5.69 Å². The minimum absolute atomic E-state index is 0.104. The lowest BCUT2D eigenvalue weighted by Gasteiger charge is -2.20. The first kappa shape index (κ1) is 20.7. The first-order valence-corrected chi connectivity index (χ1v) is 10.8. The van der Waals surface area contributed by atoms with Crippen LogP contribution in [-0.4, -0.2) is 33.5 Å². The molecule has 150 valence electrons. The van der Waals surface area contributed by atoms with Crippen LogP contribution in [0.2, 0.25) is 0 Å². The molecule has 8 heteroatoms. The monoisotopic (exact) mass is 420 g/mol. The van der Waals surface area contributed by atoms with Gasteiger partial charge in [0, 0.05) is 22.4 Å². The normalized spacial score (nSPS) is 14.6. The van der Waals surface area contributed by atoms with Gasteiger partial charge >= 0.3 is 0 Å². The van der Waals surface area contributed by atoms with Crippen LogP contribution in [0.15, 0.2) is 41.0 Å². The molecule has 0 aliphatic heterocycles. The molecule has 1 aromatic heterocycles. The van der Waals surface area contributed by atoms with E-state index in [1.54, 1.807) is 7.11 Å². The minimum atomic E-state index is 0.104. The van der Waals surface area contributed by atoms with Gasteiger partial charge in [-0.1, -0.05) is 49.2 Å². The van der Waals surface area contributed by atoms with Crippen molar-refractivity contribution in [2.45, 2.75) is 43.8 Å². The molecule has 0 atom stereocenters. The molecule has 6 nitrogen and oxygen atoms in total. The summed E-state index contributed by atoms with van der Waals surface area (Å²) in [7, 11) is 1.63. The summed E-state index contributed by atoms with van der Waals surface area (Å²) < 4.78 is 7.18. The molecular formula is C20H25ClN4O2S. The summed E-state index contributed by atoms with van der Waals surface area (Å²) in [5.41, 5.74) is 0.899. The van der Waals surface area contributed by atoms with Gasteiger partial charge in [-0.15, -0.1) is 10.2 Å². The van der Waals surface area contributed by atoms with Crippen LogP contribution in [0, 0.1) is 5.92 Å². The zero-order valence-electron chi connectivity index (χ0n) is 16.0. The smallest absolute Gasteiger partial charge is 0.223 e. The van der Waals surface area contributed by atoms with E-state index in [0.717, 1.165) is 37.1 Å². The Bertz CT molecular complexity index is 816. The van der Waals surface area contributed by atoms with Crippen LogP contribution in [0.5, 0.6) is 5.75 Å². The molecule has 1 aromatic carbocycles. The lowest BCUT2D eigenvalue weighted by atomic mass is 9.89. The topological polar surface area (TPSA) is 69.0 Å². The van der Waals surface area contributed by atoms with Crippen LogP contribution in [0.1, 0.15) is 37.9 Å². The third-order valence-corrected chi connectivity index (χ3v) is 6.09. The first-order valence-electron chi connectivity index (χ1n) is 9.41. The fourth-order valence-corrected chi connectivity index (χ4v) is 4.20. The fraction of sp³-hybridized carbons (Fsp3) is 0.450. The maximum absolute atomic E-state index is 12.5. The second kappa shape index (κ2) is 9.98. The second-order valence-corrected chi connectivity index (χ2v) is 8.27. The van der Waals surface area contributed by atoms with Crippen molar-refractivity contribution in [3.05, 3.63) is 41.7 Å². The minimum Gasteiger partial charge on any atom is -0.497 e. The van der Waals surface area contributed by atoms with Crippen molar-refractivity contribution >= 4 is 29.3 Å². The van der Waals surface area contributed by atoms with Gasteiger partial charge in [0.25, 0.3) is 0 Å². The molecule has 1 aliphatic carbocycles. The summed E-state index contributed by atoms with van der Waals surface area (Å²) >= 11 is 7.37. The van der Waals surface area contributed by atoms with Gasteiger partial charge in [-0.25, -0.2) is 0 Å². The number of amides is 1. The van der Waals surface area contributed by atoms with E-state index in [0.29, 0.717) is 28.3 Å². The molecule has 0 bridgehead atoms. The predicted octanol–water partition coefficient (Wildman–Crippen LogP) is 4.32. The SMILES string of the molecule is C=C(Cl)CSc1nnc(CNC(=O)C2CCCCC2)n1-c1ccc(OC)cc1. The number of nitrogens with zero attached hydrogens (tertiary/aromatic N) is 3. The molecule has 0 spiro atoms. The number of thioether (sulfide) groups is 1. The molecule has 1 fully saturated rings. The molecule has 0 saturated heterocycles. The third kappa shape index (κ3) is 5.29. The summed E-state index contributed by atoms with van der Waals surface area (Å²) in [4.78, 5) is 12.5. The van der Waals surface area contributed by atoms with E-state index in [1.807, 2.05) is 28.8 Å².